The number of alkyl halides is 3. The van der Waals surface area contributed by atoms with E-state index in [9.17, 15) is 4.79 Å². The summed E-state index contributed by atoms with van der Waals surface area (Å²) in [7, 11) is 0. The van der Waals surface area contributed by atoms with Crippen LogP contribution in [0.1, 0.15) is 26.7 Å². The number of carbonyl (C=O) groups is 1. The summed E-state index contributed by atoms with van der Waals surface area (Å²) in [6.07, 6.45) is 1.74. The van der Waals surface area contributed by atoms with Crippen molar-refractivity contribution in [2.45, 2.75) is 33.7 Å². The molecule has 136 valence electrons. The fourth-order valence-electron chi connectivity index (χ4n) is 1.77. The number of carbonyl (C=O) groups excluding carboxylic acids is 1. The third kappa shape index (κ3) is 8.45. The van der Waals surface area contributed by atoms with Crippen molar-refractivity contribution in [2.75, 3.05) is 25.6 Å². The van der Waals surface area contributed by atoms with Crippen molar-refractivity contribution in [2.24, 2.45) is 0 Å². The molecule has 0 aliphatic rings. The van der Waals surface area contributed by atoms with E-state index in [-0.39, 0.29) is 0 Å². The molecule has 0 N–H and O–H groups in total. The van der Waals surface area contributed by atoms with E-state index < -0.39 is 8.11 Å². The first-order chi connectivity index (χ1) is 11.4. The second-order valence-electron chi connectivity index (χ2n) is 4.66. The van der Waals surface area contributed by atoms with Gasteiger partial charge in [-0.3, -0.25) is 0 Å². The number of thioether (sulfide) groups is 1. The quantitative estimate of drug-likeness (QED) is 0.161. The van der Waals surface area contributed by atoms with E-state index in [0.29, 0.717) is 19.8 Å². The number of ether oxygens (including phenoxy) is 3. The maximum absolute atomic E-state index is 11.5. The smallest absolute Gasteiger partial charge is 0.344 e. The van der Waals surface area contributed by atoms with Crippen LogP contribution in [0, 0.1) is 0 Å². The van der Waals surface area contributed by atoms with Gasteiger partial charge in [0.25, 0.3) is 0 Å². The standard InChI is InChI=1S/C16H21Br3O4S/c1-3-21-12-7-8-13(22-4-2)14(11-12)24-10-6-5-9-23-15(20)16(17,18)19/h7-8,11H,3-6,9-10H2,1-2H3. The van der Waals surface area contributed by atoms with Gasteiger partial charge in [0, 0.05) is 0 Å². The van der Waals surface area contributed by atoms with E-state index in [2.05, 4.69) is 47.8 Å². The molecule has 1 aromatic rings. The van der Waals surface area contributed by atoms with Crippen molar-refractivity contribution >= 4 is 65.5 Å². The van der Waals surface area contributed by atoms with E-state index in [1.165, 1.54) is 0 Å². The molecule has 0 aliphatic carbocycles. The highest BCUT2D eigenvalue weighted by Crippen LogP contribution is 2.35. The molecule has 0 unspecified atom stereocenters. The van der Waals surface area contributed by atoms with Crippen molar-refractivity contribution in [3.63, 3.8) is 0 Å². The van der Waals surface area contributed by atoms with Crippen LogP contribution in [0.4, 0.5) is 0 Å². The van der Waals surface area contributed by atoms with E-state index in [1.807, 2.05) is 32.0 Å². The van der Waals surface area contributed by atoms with Crippen molar-refractivity contribution in [3.8, 4) is 11.5 Å². The molecule has 0 saturated carbocycles. The molecule has 4 nitrogen and oxygen atoms in total. The van der Waals surface area contributed by atoms with Crippen LogP contribution in [0.25, 0.3) is 0 Å². The summed E-state index contributed by atoms with van der Waals surface area (Å²) in [6.45, 7) is 5.59. The second-order valence-corrected chi connectivity index (χ2v) is 12.6. The predicted octanol–water partition coefficient (Wildman–Crippen LogP) is 5.74. The lowest BCUT2D eigenvalue weighted by atomic mass is 10.3. The number of halogens is 3. The van der Waals surface area contributed by atoms with Gasteiger partial charge in [0.1, 0.15) is 11.5 Å². The summed E-state index contributed by atoms with van der Waals surface area (Å²) in [5.41, 5.74) is 0. The van der Waals surface area contributed by atoms with Crippen LogP contribution in [-0.2, 0) is 9.53 Å². The molecule has 8 heteroatoms. The van der Waals surface area contributed by atoms with Crippen LogP contribution >= 0.6 is 59.6 Å². The molecule has 24 heavy (non-hydrogen) atoms. The molecule has 0 aromatic heterocycles. The second kappa shape index (κ2) is 11.6. The molecule has 0 amide bonds. The Morgan fingerprint density at radius 1 is 1.12 bits per heavy atom. The van der Waals surface area contributed by atoms with E-state index >= 15 is 0 Å². The number of esters is 1. The van der Waals surface area contributed by atoms with Crippen LogP contribution in [0.3, 0.4) is 0 Å². The third-order valence-corrected chi connectivity index (χ3v) is 4.88. The Balaban J connectivity index is 2.40. The van der Waals surface area contributed by atoms with Crippen LogP contribution in [0.2, 0.25) is 0 Å². The summed E-state index contributed by atoms with van der Waals surface area (Å²) in [6, 6.07) is 5.87. The van der Waals surface area contributed by atoms with E-state index in [4.69, 9.17) is 14.2 Å². The van der Waals surface area contributed by atoms with Gasteiger partial charge in [0.05, 0.1) is 24.7 Å². The minimum absolute atomic E-state index is 0.390. The molecule has 0 fully saturated rings. The number of hydrogen-bond donors (Lipinski definition) is 0. The normalized spacial score (nSPS) is 11.2. The maximum Gasteiger partial charge on any atom is 0.344 e. The fourth-order valence-corrected chi connectivity index (χ4v) is 3.15. The van der Waals surface area contributed by atoms with E-state index in [1.54, 1.807) is 11.8 Å². The summed E-state index contributed by atoms with van der Waals surface area (Å²) >= 11 is 11.1. The molecule has 0 spiro atoms. The fraction of sp³-hybridized carbons (Fsp3) is 0.562. The van der Waals surface area contributed by atoms with Gasteiger partial charge in [-0.25, -0.2) is 4.79 Å². The van der Waals surface area contributed by atoms with Crippen LogP contribution < -0.4 is 9.47 Å². The zero-order valence-electron chi connectivity index (χ0n) is 13.6. The van der Waals surface area contributed by atoms with Gasteiger partial charge in [0.15, 0.2) is 0 Å². The lowest BCUT2D eigenvalue weighted by Gasteiger charge is -2.13. The summed E-state index contributed by atoms with van der Waals surface area (Å²) in [5, 5.41) is 0. The number of hydrogen-bond acceptors (Lipinski definition) is 5. The van der Waals surface area contributed by atoms with Crippen LogP contribution in [-0.4, -0.2) is 33.7 Å². The van der Waals surface area contributed by atoms with Crippen molar-refractivity contribution < 1.29 is 19.0 Å². The Morgan fingerprint density at radius 3 is 2.46 bits per heavy atom. The number of rotatable bonds is 10. The third-order valence-electron chi connectivity index (χ3n) is 2.79. The first-order valence-electron chi connectivity index (χ1n) is 7.64. The molecule has 0 bridgehead atoms. The van der Waals surface area contributed by atoms with Gasteiger partial charge in [-0.2, -0.15) is 0 Å². The lowest BCUT2D eigenvalue weighted by Crippen LogP contribution is -2.20. The topological polar surface area (TPSA) is 44.8 Å². The van der Waals surface area contributed by atoms with Gasteiger partial charge in [-0.1, -0.05) is 0 Å². The zero-order chi connectivity index (χ0) is 18.0. The van der Waals surface area contributed by atoms with Crippen LogP contribution in [0.5, 0.6) is 11.5 Å². The number of unbranched alkanes of at least 4 members (excludes halogenated alkanes) is 1. The number of benzene rings is 1. The highest BCUT2D eigenvalue weighted by Gasteiger charge is 2.30. The van der Waals surface area contributed by atoms with Crippen molar-refractivity contribution in [1.82, 2.24) is 0 Å². The molecule has 0 saturated heterocycles. The van der Waals surface area contributed by atoms with Gasteiger partial charge < -0.3 is 14.2 Å². The molecule has 1 rings (SSSR count). The lowest BCUT2D eigenvalue weighted by molar-refractivity contribution is -0.141. The van der Waals surface area contributed by atoms with Gasteiger partial charge in [-0.15, -0.1) is 11.8 Å². The van der Waals surface area contributed by atoms with Crippen LogP contribution in [0.15, 0.2) is 23.1 Å². The Bertz CT molecular complexity index is 521. The highest BCUT2D eigenvalue weighted by molar-refractivity contribution is 9.40. The van der Waals surface area contributed by atoms with Crippen molar-refractivity contribution in [1.29, 1.82) is 0 Å². The molecule has 0 aliphatic heterocycles. The minimum Gasteiger partial charge on any atom is -0.494 e. The Morgan fingerprint density at radius 2 is 1.83 bits per heavy atom. The summed E-state index contributed by atoms with van der Waals surface area (Å²) < 4.78 is 15.3. The molecular weight excluding hydrogens is 528 g/mol. The van der Waals surface area contributed by atoms with E-state index in [0.717, 1.165) is 35.0 Å². The monoisotopic (exact) mass is 546 g/mol. The Labute approximate surface area is 172 Å². The zero-order valence-corrected chi connectivity index (χ0v) is 19.2. The average Bonchev–Trinajstić information content (AvgIpc) is 2.52. The average molecular weight is 549 g/mol. The summed E-state index contributed by atoms with van der Waals surface area (Å²) in [5.74, 6) is 2.24. The highest BCUT2D eigenvalue weighted by atomic mass is 80.0. The molecular formula is C16H21Br3O4S. The van der Waals surface area contributed by atoms with Gasteiger partial charge in [0.2, 0.25) is 2.14 Å². The van der Waals surface area contributed by atoms with Gasteiger partial charge in [-0.05, 0) is 98.4 Å². The first kappa shape index (κ1) is 22.1. The Kier molecular flexibility index (Phi) is 10.7. The molecule has 1 aromatic carbocycles. The molecule has 0 heterocycles. The summed E-state index contributed by atoms with van der Waals surface area (Å²) in [4.78, 5) is 12.6. The molecule has 0 atom stereocenters. The van der Waals surface area contributed by atoms with Gasteiger partial charge >= 0.3 is 5.97 Å². The minimum atomic E-state index is -0.992. The van der Waals surface area contributed by atoms with Crippen molar-refractivity contribution in [3.05, 3.63) is 18.2 Å². The first-order valence-corrected chi connectivity index (χ1v) is 11.0. The molecule has 0 radical (unpaired) electrons. The largest absolute Gasteiger partial charge is 0.494 e. The predicted molar refractivity (Wildman–Crippen MR) is 109 cm³/mol. The maximum atomic E-state index is 11.5. The Hall–Kier alpha value is 0.0800. The SMILES string of the molecule is CCOc1ccc(OCC)c(SCCCCOC(=O)C(Br)(Br)Br)c1.